The number of hydrogen-bond donors (Lipinski definition) is 0. The van der Waals surface area contributed by atoms with Gasteiger partial charge in [-0.25, -0.2) is 4.98 Å². The van der Waals surface area contributed by atoms with Crippen molar-refractivity contribution in [1.29, 1.82) is 0 Å². The molecular weight excluding hydrogens is 256 g/mol. The lowest BCUT2D eigenvalue weighted by atomic mass is 10.4. The molecule has 2 aromatic heterocycles. The van der Waals surface area contributed by atoms with E-state index in [1.54, 1.807) is 12.4 Å². The molecule has 0 fully saturated rings. The number of aromatic nitrogens is 2. The van der Waals surface area contributed by atoms with E-state index in [0.717, 1.165) is 16.0 Å². The number of pyridine rings is 2. The lowest BCUT2D eigenvalue weighted by molar-refractivity contribution is 0.300. The minimum atomic E-state index is 0.462. The van der Waals surface area contributed by atoms with Crippen molar-refractivity contribution in [3.8, 4) is 5.75 Å². The molecule has 0 saturated heterocycles. The molecule has 0 unspecified atom stereocenters. The predicted molar refractivity (Wildman–Crippen MR) is 60.5 cm³/mol. The fraction of sp³-hybridized carbons (Fsp3) is 0.0909. The third kappa shape index (κ3) is 3.02. The zero-order valence-electron chi connectivity index (χ0n) is 7.93. The number of rotatable bonds is 3. The fourth-order valence-corrected chi connectivity index (χ4v) is 1.32. The third-order valence-electron chi connectivity index (χ3n) is 1.81. The fourth-order valence-electron chi connectivity index (χ4n) is 1.09. The van der Waals surface area contributed by atoms with Crippen molar-refractivity contribution >= 4 is 15.9 Å². The Bertz CT molecular complexity index is 416. The standard InChI is InChI=1S/C11H9BrN2O/c12-11-5-4-10(7-14-11)15-8-9-3-1-2-6-13-9/h1-7H,8H2. The molecule has 2 rings (SSSR count). The Morgan fingerprint density at radius 1 is 1.13 bits per heavy atom. The zero-order chi connectivity index (χ0) is 10.5. The highest BCUT2D eigenvalue weighted by atomic mass is 79.9. The van der Waals surface area contributed by atoms with Crippen LogP contribution in [0.25, 0.3) is 0 Å². The van der Waals surface area contributed by atoms with Gasteiger partial charge in [-0.15, -0.1) is 0 Å². The molecule has 4 heteroatoms. The van der Waals surface area contributed by atoms with Gasteiger partial charge in [0.2, 0.25) is 0 Å². The molecule has 0 bridgehead atoms. The summed E-state index contributed by atoms with van der Waals surface area (Å²) in [5.74, 6) is 0.740. The molecule has 2 heterocycles. The first-order valence-corrected chi connectivity index (χ1v) is 5.28. The van der Waals surface area contributed by atoms with E-state index >= 15 is 0 Å². The zero-order valence-corrected chi connectivity index (χ0v) is 9.52. The molecule has 3 nitrogen and oxygen atoms in total. The number of hydrogen-bond acceptors (Lipinski definition) is 3. The van der Waals surface area contributed by atoms with E-state index in [1.807, 2.05) is 30.3 Å². The van der Waals surface area contributed by atoms with E-state index in [2.05, 4.69) is 25.9 Å². The number of halogens is 1. The first kappa shape index (κ1) is 10.1. The Kier molecular flexibility index (Phi) is 3.29. The Hall–Kier alpha value is -1.42. The summed E-state index contributed by atoms with van der Waals surface area (Å²) in [6.45, 7) is 0.462. The molecule has 2 aromatic rings. The van der Waals surface area contributed by atoms with Crippen LogP contribution in [-0.4, -0.2) is 9.97 Å². The average molecular weight is 265 g/mol. The molecule has 0 radical (unpaired) electrons. The van der Waals surface area contributed by atoms with E-state index in [9.17, 15) is 0 Å². The van der Waals surface area contributed by atoms with Crippen LogP contribution in [0.2, 0.25) is 0 Å². The molecule has 0 aliphatic carbocycles. The highest BCUT2D eigenvalue weighted by Crippen LogP contribution is 2.13. The molecule has 0 aromatic carbocycles. The Balaban J connectivity index is 1.96. The molecule has 0 atom stereocenters. The summed E-state index contributed by atoms with van der Waals surface area (Å²) in [6, 6.07) is 9.44. The van der Waals surface area contributed by atoms with E-state index in [4.69, 9.17) is 4.74 Å². The topological polar surface area (TPSA) is 35.0 Å². The first-order valence-electron chi connectivity index (χ1n) is 4.49. The summed E-state index contributed by atoms with van der Waals surface area (Å²) in [4.78, 5) is 8.22. The van der Waals surface area contributed by atoms with Crippen LogP contribution in [0.1, 0.15) is 5.69 Å². The maximum absolute atomic E-state index is 5.50. The maximum Gasteiger partial charge on any atom is 0.138 e. The Morgan fingerprint density at radius 2 is 2.07 bits per heavy atom. The average Bonchev–Trinajstić information content (AvgIpc) is 2.30. The van der Waals surface area contributed by atoms with Crippen LogP contribution in [-0.2, 0) is 6.61 Å². The molecule has 15 heavy (non-hydrogen) atoms. The van der Waals surface area contributed by atoms with Crippen molar-refractivity contribution in [3.63, 3.8) is 0 Å². The van der Waals surface area contributed by atoms with Gasteiger partial charge in [-0.05, 0) is 40.2 Å². The molecule has 0 aliphatic heterocycles. The van der Waals surface area contributed by atoms with E-state index in [1.165, 1.54) is 0 Å². The second-order valence-electron chi connectivity index (χ2n) is 2.93. The Morgan fingerprint density at radius 3 is 2.73 bits per heavy atom. The van der Waals surface area contributed by atoms with E-state index in [0.29, 0.717) is 6.61 Å². The smallest absolute Gasteiger partial charge is 0.138 e. The van der Waals surface area contributed by atoms with Gasteiger partial charge in [-0.2, -0.15) is 0 Å². The van der Waals surface area contributed by atoms with Crippen LogP contribution in [0.15, 0.2) is 47.3 Å². The number of ether oxygens (including phenoxy) is 1. The SMILES string of the molecule is Brc1ccc(OCc2ccccn2)cn1. The number of nitrogens with zero attached hydrogens (tertiary/aromatic N) is 2. The minimum absolute atomic E-state index is 0.462. The highest BCUT2D eigenvalue weighted by molar-refractivity contribution is 9.10. The van der Waals surface area contributed by atoms with Gasteiger partial charge in [0.25, 0.3) is 0 Å². The van der Waals surface area contributed by atoms with Gasteiger partial charge in [0, 0.05) is 6.20 Å². The van der Waals surface area contributed by atoms with Crippen molar-refractivity contribution in [3.05, 3.63) is 53.0 Å². The summed E-state index contributed by atoms with van der Waals surface area (Å²) < 4.78 is 6.30. The molecule has 0 saturated carbocycles. The van der Waals surface area contributed by atoms with Crippen LogP contribution in [0, 0.1) is 0 Å². The van der Waals surface area contributed by atoms with Crippen LogP contribution >= 0.6 is 15.9 Å². The van der Waals surface area contributed by atoms with Crippen molar-refractivity contribution in [2.24, 2.45) is 0 Å². The molecule has 0 amide bonds. The lowest BCUT2D eigenvalue weighted by Gasteiger charge is -2.04. The van der Waals surface area contributed by atoms with Crippen LogP contribution in [0.5, 0.6) is 5.75 Å². The minimum Gasteiger partial charge on any atom is -0.486 e. The summed E-state index contributed by atoms with van der Waals surface area (Å²) in [6.07, 6.45) is 3.42. The summed E-state index contributed by atoms with van der Waals surface area (Å²) >= 11 is 3.26. The van der Waals surface area contributed by atoms with Crippen molar-refractivity contribution in [1.82, 2.24) is 9.97 Å². The van der Waals surface area contributed by atoms with Crippen molar-refractivity contribution < 1.29 is 4.74 Å². The normalized spacial score (nSPS) is 9.93. The predicted octanol–water partition coefficient (Wildman–Crippen LogP) is 2.82. The Labute approximate surface area is 96.3 Å². The van der Waals surface area contributed by atoms with Crippen LogP contribution < -0.4 is 4.74 Å². The largest absolute Gasteiger partial charge is 0.486 e. The van der Waals surface area contributed by atoms with E-state index in [-0.39, 0.29) is 0 Å². The molecule has 0 spiro atoms. The summed E-state index contributed by atoms with van der Waals surface area (Å²) in [5, 5.41) is 0. The lowest BCUT2D eigenvalue weighted by Crippen LogP contribution is -1.97. The quantitative estimate of drug-likeness (QED) is 0.800. The van der Waals surface area contributed by atoms with Crippen molar-refractivity contribution in [2.75, 3.05) is 0 Å². The van der Waals surface area contributed by atoms with Gasteiger partial charge in [0.15, 0.2) is 0 Å². The van der Waals surface area contributed by atoms with Gasteiger partial charge in [-0.1, -0.05) is 6.07 Å². The monoisotopic (exact) mass is 264 g/mol. The molecule has 0 N–H and O–H groups in total. The third-order valence-corrected chi connectivity index (χ3v) is 2.28. The molecular formula is C11H9BrN2O. The van der Waals surface area contributed by atoms with Gasteiger partial charge in [-0.3, -0.25) is 4.98 Å². The van der Waals surface area contributed by atoms with E-state index < -0.39 is 0 Å². The van der Waals surface area contributed by atoms with Crippen molar-refractivity contribution in [2.45, 2.75) is 6.61 Å². The first-order chi connectivity index (χ1) is 7.34. The second-order valence-corrected chi connectivity index (χ2v) is 3.74. The van der Waals surface area contributed by atoms with Gasteiger partial charge >= 0.3 is 0 Å². The molecule has 0 aliphatic rings. The van der Waals surface area contributed by atoms with Crippen LogP contribution in [0.4, 0.5) is 0 Å². The van der Waals surface area contributed by atoms with Gasteiger partial charge < -0.3 is 4.74 Å². The summed E-state index contributed by atoms with van der Waals surface area (Å²) in [5.41, 5.74) is 0.903. The van der Waals surface area contributed by atoms with Crippen LogP contribution in [0.3, 0.4) is 0 Å². The maximum atomic E-state index is 5.50. The van der Waals surface area contributed by atoms with Gasteiger partial charge in [0.05, 0.1) is 11.9 Å². The van der Waals surface area contributed by atoms with Gasteiger partial charge in [0.1, 0.15) is 17.0 Å². The highest BCUT2D eigenvalue weighted by Gasteiger charge is 1.96. The summed E-state index contributed by atoms with van der Waals surface area (Å²) in [7, 11) is 0. The second kappa shape index (κ2) is 4.89. The molecule has 76 valence electrons.